The number of nitrogens with zero attached hydrogens (tertiary/aromatic N) is 7. The first-order chi connectivity index (χ1) is 30.8. The first-order valence-electron chi connectivity index (χ1n) is 18.8. The summed E-state index contributed by atoms with van der Waals surface area (Å²) in [6.07, 6.45) is 0. The third-order valence-corrected chi connectivity index (χ3v) is 13.3. The van der Waals surface area contributed by atoms with E-state index in [0.717, 1.165) is 39.8 Å². The molecule has 8 rings (SSSR count). The highest BCUT2D eigenvalue weighted by Gasteiger charge is 2.23. The van der Waals surface area contributed by atoms with E-state index in [9.17, 15) is 44.2 Å². The summed E-state index contributed by atoms with van der Waals surface area (Å²) < 4.78 is 103. The van der Waals surface area contributed by atoms with Crippen LogP contribution in [-0.4, -0.2) is 48.9 Å². The summed E-state index contributed by atoms with van der Waals surface area (Å²) in [7, 11) is -14.3. The van der Waals surface area contributed by atoms with Gasteiger partial charge >= 0.3 is 0 Å². The van der Waals surface area contributed by atoms with E-state index in [1.807, 2.05) is 67.6 Å². The normalized spacial score (nSPS) is 12.3. The van der Waals surface area contributed by atoms with Gasteiger partial charge < -0.3 is 10.6 Å². The molecule has 18 nitrogen and oxygen atoms in total. The molecule has 0 aliphatic heterocycles. The highest BCUT2D eigenvalue weighted by molar-refractivity contribution is 7.86. The monoisotopic (exact) mass is 945 g/mol. The fraction of sp³-hybridized carbons (Fsp3) is 0.0465. The zero-order chi connectivity index (χ0) is 46.3. The van der Waals surface area contributed by atoms with E-state index in [1.54, 1.807) is 13.0 Å². The van der Waals surface area contributed by atoms with Gasteiger partial charge in [-0.15, -0.1) is 20.5 Å². The van der Waals surface area contributed by atoms with Gasteiger partial charge in [0, 0.05) is 33.3 Å². The van der Waals surface area contributed by atoms with Gasteiger partial charge in [0.05, 0.1) is 16.1 Å². The van der Waals surface area contributed by atoms with Gasteiger partial charge in [-0.3, -0.25) is 13.7 Å². The lowest BCUT2D eigenvalue weighted by Gasteiger charge is -2.16. The number of pyridine rings is 1. The van der Waals surface area contributed by atoms with Gasteiger partial charge in [0.1, 0.15) is 27.2 Å². The van der Waals surface area contributed by atoms with E-state index < -0.39 is 40.1 Å². The molecular formula is C43H31N9O9S4. The number of aryl methyl sites for hydroxylation is 1. The third kappa shape index (κ3) is 9.61. The van der Waals surface area contributed by atoms with Crippen molar-refractivity contribution in [2.75, 3.05) is 10.6 Å². The van der Waals surface area contributed by atoms with E-state index in [4.69, 9.17) is 9.97 Å². The van der Waals surface area contributed by atoms with E-state index in [0.29, 0.717) is 22.5 Å². The maximum Gasteiger partial charge on any atom is 0.295 e. The van der Waals surface area contributed by atoms with Crippen LogP contribution in [0.2, 0.25) is 0 Å². The van der Waals surface area contributed by atoms with E-state index in [-0.39, 0.29) is 60.1 Å². The van der Waals surface area contributed by atoms with Crippen molar-refractivity contribution >= 4 is 108 Å². The van der Waals surface area contributed by atoms with Crippen molar-refractivity contribution in [1.82, 2.24) is 9.97 Å². The number of hydrogen-bond acceptors (Lipinski definition) is 16. The largest absolute Gasteiger partial charge is 0.339 e. The van der Waals surface area contributed by atoms with Gasteiger partial charge in [-0.25, -0.2) is 9.97 Å². The summed E-state index contributed by atoms with van der Waals surface area (Å²) in [5, 5.41) is 35.7. The molecule has 22 heteroatoms. The molecule has 0 atom stereocenters. The average molecular weight is 946 g/mol. The molecular weight excluding hydrogens is 915 g/mol. The molecule has 0 spiro atoms. The summed E-state index contributed by atoms with van der Waals surface area (Å²) in [6.45, 7) is 3.57. The quantitative estimate of drug-likeness (QED) is 0.0562. The molecule has 0 aliphatic rings. The zero-order valence-electron chi connectivity index (χ0n) is 33.6. The topological polar surface area (TPSA) is 286 Å². The molecule has 8 aromatic rings. The molecule has 2 aromatic heterocycles. The second-order valence-electron chi connectivity index (χ2n) is 14.2. The molecule has 0 bridgehead atoms. The minimum Gasteiger partial charge on any atom is -0.339 e. The number of azo groups is 2. The van der Waals surface area contributed by atoms with Crippen LogP contribution in [-0.2, 0) is 30.4 Å². The van der Waals surface area contributed by atoms with Crippen LogP contribution < -0.4 is 10.6 Å². The summed E-state index contributed by atoms with van der Waals surface area (Å²) in [5.41, 5.74) is 3.22. The Kier molecular flexibility index (Phi) is 11.8. The highest BCUT2D eigenvalue weighted by Crippen LogP contribution is 2.44. The van der Waals surface area contributed by atoms with Crippen LogP contribution in [0.25, 0.3) is 32.8 Å². The Balaban J connectivity index is 1.26. The molecule has 5 N–H and O–H groups in total. The molecule has 0 unspecified atom stereocenters. The van der Waals surface area contributed by atoms with Gasteiger partial charge in [0.25, 0.3) is 30.4 Å². The fourth-order valence-electron chi connectivity index (χ4n) is 6.69. The molecule has 0 amide bonds. The average Bonchev–Trinajstić information content (AvgIpc) is 3.67. The van der Waals surface area contributed by atoms with Crippen molar-refractivity contribution in [3.63, 3.8) is 0 Å². The van der Waals surface area contributed by atoms with Gasteiger partial charge in [-0.05, 0) is 85.3 Å². The van der Waals surface area contributed by atoms with Crippen LogP contribution >= 0.6 is 11.3 Å². The first-order valence-corrected chi connectivity index (χ1v) is 24.0. The molecule has 0 saturated heterocycles. The zero-order valence-corrected chi connectivity index (χ0v) is 36.9. The van der Waals surface area contributed by atoms with Crippen molar-refractivity contribution < 1.29 is 38.9 Å². The van der Waals surface area contributed by atoms with Crippen LogP contribution in [0.1, 0.15) is 16.7 Å². The number of anilines is 4. The predicted molar refractivity (Wildman–Crippen MR) is 245 cm³/mol. The first kappa shape index (κ1) is 44.3. The lowest BCUT2D eigenvalue weighted by atomic mass is 10.1. The van der Waals surface area contributed by atoms with Crippen molar-refractivity contribution in [3.8, 4) is 17.3 Å². The van der Waals surface area contributed by atoms with Gasteiger partial charge in [0.2, 0.25) is 5.13 Å². The minimum atomic E-state index is -4.94. The number of nitriles is 1. The van der Waals surface area contributed by atoms with Crippen molar-refractivity contribution in [1.29, 1.82) is 5.26 Å². The van der Waals surface area contributed by atoms with E-state index in [1.165, 1.54) is 42.5 Å². The maximum atomic E-state index is 12.5. The predicted octanol–water partition coefficient (Wildman–Crippen LogP) is 11.1. The molecule has 2 heterocycles. The van der Waals surface area contributed by atoms with Crippen LogP contribution in [0.3, 0.4) is 0 Å². The van der Waals surface area contributed by atoms with Crippen molar-refractivity contribution in [2.45, 2.75) is 28.5 Å². The lowest BCUT2D eigenvalue weighted by molar-refractivity contribution is 0.481. The number of hydrogen-bond donors (Lipinski definition) is 5. The van der Waals surface area contributed by atoms with Crippen molar-refractivity contribution in [3.05, 3.63) is 138 Å². The van der Waals surface area contributed by atoms with Crippen LogP contribution in [0, 0.1) is 25.2 Å². The summed E-state index contributed by atoms with van der Waals surface area (Å²) in [4.78, 5) is 7.78. The van der Waals surface area contributed by atoms with Crippen molar-refractivity contribution in [2.24, 2.45) is 20.5 Å². The molecule has 0 saturated carbocycles. The number of nitrogens with one attached hydrogen (secondary N) is 2. The number of thiazole rings is 1. The molecule has 65 heavy (non-hydrogen) atoms. The molecule has 6 aromatic carbocycles. The fourth-order valence-corrected chi connectivity index (χ4v) is 9.33. The van der Waals surface area contributed by atoms with Gasteiger partial charge in [-0.1, -0.05) is 77.6 Å². The Hall–Kier alpha value is -7.36. The Morgan fingerprint density at radius 1 is 0.615 bits per heavy atom. The number of rotatable bonds is 12. The summed E-state index contributed by atoms with van der Waals surface area (Å²) >= 11 is 0.920. The van der Waals surface area contributed by atoms with Crippen LogP contribution in [0.5, 0.6) is 0 Å². The Morgan fingerprint density at radius 3 is 1.94 bits per heavy atom. The lowest BCUT2D eigenvalue weighted by Crippen LogP contribution is -2.04. The number of fused-ring (bicyclic) bond motifs is 2. The van der Waals surface area contributed by atoms with Crippen LogP contribution in [0.4, 0.5) is 44.5 Å². The molecule has 326 valence electrons. The second kappa shape index (κ2) is 17.3. The molecule has 0 fully saturated rings. The van der Waals surface area contributed by atoms with Crippen LogP contribution in [0.15, 0.2) is 156 Å². The van der Waals surface area contributed by atoms with E-state index in [2.05, 4.69) is 37.2 Å². The minimum absolute atomic E-state index is 0.0381. The Labute approximate surface area is 375 Å². The number of benzene rings is 6. The standard InChI is InChI=1S/C43H31N9O9S4/c1-24-10-14-29(15-11-24)45-40-35(23-44)25(2)38(41(48-40)46-30-16-18-32(19-17-30)63(53,54)55)50-52-43-47-39(28-13-12-26-6-3-4-7-27(26)20-28)42(62-43)51-49-31-21-34-33(37(22-31)65(59,60)61)8-5-9-36(34)64(56,57)58/h3-22H,1-2H3,(H2,45,46,48)(H,53,54,55)(H,56,57,58)(H,59,60,61). The smallest absolute Gasteiger partial charge is 0.295 e. The highest BCUT2D eigenvalue weighted by atomic mass is 32.2. The Bertz CT molecular complexity index is 3670. The molecule has 0 aliphatic carbocycles. The number of aromatic nitrogens is 2. The third-order valence-electron chi connectivity index (χ3n) is 9.83. The molecule has 0 radical (unpaired) electrons. The van der Waals surface area contributed by atoms with Gasteiger partial charge in [-0.2, -0.15) is 30.5 Å². The summed E-state index contributed by atoms with van der Waals surface area (Å²) in [5.74, 6) is 0.274. The second-order valence-corrected chi connectivity index (χ2v) is 19.4. The van der Waals surface area contributed by atoms with Gasteiger partial charge in [0.15, 0.2) is 16.6 Å². The Morgan fingerprint density at radius 2 is 1.28 bits per heavy atom. The van der Waals surface area contributed by atoms with E-state index >= 15 is 0 Å². The maximum absolute atomic E-state index is 12.5. The summed E-state index contributed by atoms with van der Waals surface area (Å²) in [6, 6.07) is 33.6. The SMILES string of the molecule is Cc1ccc(Nc2nc(Nc3ccc(S(=O)(=O)O)cc3)c(N=Nc3nc(-c4ccc5ccccc5c4)c(N=Nc4cc(S(=O)(=O)O)c5cccc(S(=O)(=O)O)c5c4)s3)c(C)c2C#N)cc1.